The van der Waals surface area contributed by atoms with Gasteiger partial charge >= 0.3 is 6.03 Å². The van der Waals surface area contributed by atoms with Crippen LogP contribution in [0.3, 0.4) is 0 Å². The van der Waals surface area contributed by atoms with Crippen molar-refractivity contribution in [1.82, 2.24) is 25.3 Å². The van der Waals surface area contributed by atoms with Crippen molar-refractivity contribution >= 4 is 17.8 Å². The molecule has 2 atom stereocenters. The normalized spacial score (nSPS) is 25.1. The van der Waals surface area contributed by atoms with E-state index in [1.165, 1.54) is 0 Å². The fraction of sp³-hybridized carbons (Fsp3) is 0.684. The van der Waals surface area contributed by atoms with Crippen molar-refractivity contribution < 1.29 is 14.4 Å². The number of hydrogen-bond donors (Lipinski definition) is 2. The molecule has 27 heavy (non-hydrogen) atoms. The van der Waals surface area contributed by atoms with Gasteiger partial charge in [-0.15, -0.1) is 0 Å². The number of carbonyl (C=O) groups excluding carboxylic acids is 3. The monoisotopic (exact) mass is 375 g/mol. The van der Waals surface area contributed by atoms with E-state index in [0.29, 0.717) is 19.5 Å². The Balaban J connectivity index is 1.48. The van der Waals surface area contributed by atoms with Gasteiger partial charge in [0, 0.05) is 18.8 Å². The van der Waals surface area contributed by atoms with Gasteiger partial charge in [0.2, 0.25) is 5.91 Å². The zero-order chi connectivity index (χ0) is 19.6. The first kappa shape index (κ1) is 19.4. The molecule has 8 heteroatoms. The Kier molecular flexibility index (Phi) is 5.53. The third-order valence-electron chi connectivity index (χ3n) is 5.78. The summed E-state index contributed by atoms with van der Waals surface area (Å²) >= 11 is 0. The van der Waals surface area contributed by atoms with Gasteiger partial charge in [-0.1, -0.05) is 19.8 Å². The van der Waals surface area contributed by atoms with Gasteiger partial charge in [-0.25, -0.2) is 4.79 Å². The van der Waals surface area contributed by atoms with E-state index >= 15 is 0 Å². The van der Waals surface area contributed by atoms with Crippen LogP contribution in [0.4, 0.5) is 4.79 Å². The second-order valence-corrected chi connectivity index (χ2v) is 7.79. The van der Waals surface area contributed by atoms with E-state index in [0.717, 1.165) is 42.0 Å². The lowest BCUT2D eigenvalue weighted by atomic mass is 9.73. The number of aryl methyl sites for hydroxylation is 3. The van der Waals surface area contributed by atoms with Crippen molar-refractivity contribution in [2.45, 2.75) is 65.0 Å². The van der Waals surface area contributed by atoms with Crippen LogP contribution >= 0.6 is 0 Å². The second-order valence-electron chi connectivity index (χ2n) is 7.79. The number of hydrogen-bond acceptors (Lipinski definition) is 4. The lowest BCUT2D eigenvalue weighted by Gasteiger charge is -2.36. The minimum atomic E-state index is -0.814. The molecule has 2 N–H and O–H groups in total. The predicted molar refractivity (Wildman–Crippen MR) is 99.9 cm³/mol. The molecule has 2 fully saturated rings. The van der Waals surface area contributed by atoms with Crippen LogP contribution in [0.2, 0.25) is 0 Å². The Hall–Kier alpha value is -2.38. The number of nitrogens with zero attached hydrogens (tertiary/aromatic N) is 3. The van der Waals surface area contributed by atoms with Gasteiger partial charge in [0.1, 0.15) is 12.1 Å². The molecule has 2 heterocycles. The molecule has 4 amide bonds. The number of aromatic nitrogens is 2. The molecule has 3 rings (SSSR count). The zero-order valence-corrected chi connectivity index (χ0v) is 16.4. The maximum Gasteiger partial charge on any atom is 0.325 e. The van der Waals surface area contributed by atoms with Gasteiger partial charge in [0.15, 0.2) is 0 Å². The topological polar surface area (TPSA) is 96.3 Å². The summed E-state index contributed by atoms with van der Waals surface area (Å²) in [5, 5.41) is 10.0. The highest BCUT2D eigenvalue weighted by Gasteiger charge is 2.55. The molecular formula is C19H29N5O3. The molecule has 0 aromatic carbocycles. The highest BCUT2D eigenvalue weighted by Crippen LogP contribution is 2.38. The molecule has 1 saturated heterocycles. The summed E-state index contributed by atoms with van der Waals surface area (Å²) in [5.74, 6) is -0.471. The molecule has 1 aromatic heterocycles. The zero-order valence-electron chi connectivity index (χ0n) is 16.4. The van der Waals surface area contributed by atoms with Gasteiger partial charge in [-0.3, -0.25) is 19.2 Å². The number of urea groups is 1. The molecule has 1 aromatic rings. The van der Waals surface area contributed by atoms with E-state index in [1.54, 1.807) is 0 Å². The summed E-state index contributed by atoms with van der Waals surface area (Å²) in [4.78, 5) is 38.4. The Bertz CT molecular complexity index is 744. The number of amides is 4. The van der Waals surface area contributed by atoms with Crippen LogP contribution in [0.15, 0.2) is 6.07 Å². The minimum Gasteiger partial charge on any atom is -0.354 e. The molecule has 1 aliphatic heterocycles. The second kappa shape index (κ2) is 7.70. The van der Waals surface area contributed by atoms with Crippen molar-refractivity contribution in [1.29, 1.82) is 0 Å². The van der Waals surface area contributed by atoms with Gasteiger partial charge in [0.25, 0.3) is 5.91 Å². The molecule has 148 valence electrons. The Morgan fingerprint density at radius 2 is 2.15 bits per heavy atom. The molecule has 1 saturated carbocycles. The summed E-state index contributed by atoms with van der Waals surface area (Å²) in [5.41, 5.74) is 1.25. The van der Waals surface area contributed by atoms with E-state index in [9.17, 15) is 14.4 Å². The molecule has 2 aliphatic rings. The standard InChI is InChI=1S/C19H29N5O3/c1-13-7-4-5-8-19(13)17(26)23(18(27)21-19)12-16(25)20-9-6-10-24-15(3)11-14(2)22-24/h11,13H,4-10,12H2,1-3H3,(H,20,25)(H,21,27)/t13-,19+/m1/s1. The van der Waals surface area contributed by atoms with E-state index in [1.807, 2.05) is 31.5 Å². The maximum absolute atomic E-state index is 12.8. The molecule has 8 nitrogen and oxygen atoms in total. The van der Waals surface area contributed by atoms with Gasteiger partial charge in [-0.2, -0.15) is 5.10 Å². The van der Waals surface area contributed by atoms with Crippen LogP contribution in [0.25, 0.3) is 0 Å². The lowest BCUT2D eigenvalue weighted by molar-refractivity contribution is -0.137. The summed E-state index contributed by atoms with van der Waals surface area (Å²) in [6.45, 7) is 6.91. The minimum absolute atomic E-state index is 0.0940. The molecule has 1 aliphatic carbocycles. The fourth-order valence-corrected chi connectivity index (χ4v) is 4.20. The molecule has 0 bridgehead atoms. The van der Waals surface area contributed by atoms with Crippen LogP contribution < -0.4 is 10.6 Å². The van der Waals surface area contributed by atoms with Crippen molar-refractivity contribution in [2.75, 3.05) is 13.1 Å². The van der Waals surface area contributed by atoms with Gasteiger partial charge < -0.3 is 10.6 Å². The van der Waals surface area contributed by atoms with Crippen molar-refractivity contribution in [2.24, 2.45) is 5.92 Å². The molecular weight excluding hydrogens is 346 g/mol. The lowest BCUT2D eigenvalue weighted by Crippen LogP contribution is -2.54. The highest BCUT2D eigenvalue weighted by molar-refractivity contribution is 6.09. The highest BCUT2D eigenvalue weighted by atomic mass is 16.2. The van der Waals surface area contributed by atoms with Gasteiger partial charge in [-0.05, 0) is 45.1 Å². The summed E-state index contributed by atoms with van der Waals surface area (Å²) in [6.07, 6.45) is 4.29. The van der Waals surface area contributed by atoms with Crippen molar-refractivity contribution in [3.05, 3.63) is 17.5 Å². The SMILES string of the molecule is Cc1cc(C)n(CCCNC(=O)CN2C(=O)N[C@]3(CCCC[C@H]3C)C2=O)n1. The molecule has 1 spiro atoms. The average molecular weight is 375 g/mol. The third-order valence-corrected chi connectivity index (χ3v) is 5.78. The predicted octanol–water partition coefficient (Wildman–Crippen LogP) is 1.51. The third kappa shape index (κ3) is 3.84. The van der Waals surface area contributed by atoms with Gasteiger partial charge in [0.05, 0.1) is 5.69 Å². The van der Waals surface area contributed by atoms with Crippen LogP contribution in [-0.4, -0.2) is 51.2 Å². The fourth-order valence-electron chi connectivity index (χ4n) is 4.20. The van der Waals surface area contributed by atoms with Crippen molar-refractivity contribution in [3.8, 4) is 0 Å². The van der Waals surface area contributed by atoms with E-state index in [4.69, 9.17) is 0 Å². The van der Waals surface area contributed by atoms with E-state index < -0.39 is 11.6 Å². The van der Waals surface area contributed by atoms with Crippen LogP contribution in [-0.2, 0) is 16.1 Å². The first-order valence-electron chi connectivity index (χ1n) is 9.75. The Morgan fingerprint density at radius 1 is 1.37 bits per heavy atom. The van der Waals surface area contributed by atoms with Crippen LogP contribution in [0, 0.1) is 19.8 Å². The quantitative estimate of drug-likeness (QED) is 0.582. The number of nitrogens with one attached hydrogen (secondary N) is 2. The van der Waals surface area contributed by atoms with E-state index in [-0.39, 0.29) is 24.3 Å². The summed E-state index contributed by atoms with van der Waals surface area (Å²) in [7, 11) is 0. The Morgan fingerprint density at radius 3 is 2.81 bits per heavy atom. The van der Waals surface area contributed by atoms with Crippen LogP contribution in [0.5, 0.6) is 0 Å². The molecule has 0 unspecified atom stereocenters. The summed E-state index contributed by atoms with van der Waals surface area (Å²) < 4.78 is 1.91. The Labute approximate surface area is 159 Å². The summed E-state index contributed by atoms with van der Waals surface area (Å²) in [6, 6.07) is 1.56. The van der Waals surface area contributed by atoms with Crippen molar-refractivity contribution in [3.63, 3.8) is 0 Å². The van der Waals surface area contributed by atoms with Crippen LogP contribution in [0.1, 0.15) is 50.4 Å². The smallest absolute Gasteiger partial charge is 0.325 e. The number of carbonyl (C=O) groups is 3. The maximum atomic E-state index is 12.8. The number of rotatable bonds is 6. The first-order chi connectivity index (χ1) is 12.8. The average Bonchev–Trinajstić information content (AvgIpc) is 3.06. The number of imide groups is 1. The van der Waals surface area contributed by atoms with E-state index in [2.05, 4.69) is 15.7 Å². The largest absolute Gasteiger partial charge is 0.354 e. The first-order valence-corrected chi connectivity index (χ1v) is 9.75. The molecule has 0 radical (unpaired) electrons.